The van der Waals surface area contributed by atoms with Crippen molar-refractivity contribution < 1.29 is 18.0 Å². The van der Waals surface area contributed by atoms with Crippen LogP contribution in [0.15, 0.2) is 28.6 Å². The third-order valence-electron chi connectivity index (χ3n) is 4.26. The number of hydrogen-bond donors (Lipinski definition) is 1. The number of hydrogen-bond acceptors (Lipinski definition) is 7. The van der Waals surface area contributed by atoms with Gasteiger partial charge in [0.2, 0.25) is 11.8 Å². The van der Waals surface area contributed by atoms with Crippen LogP contribution in [0.1, 0.15) is 13.3 Å². The summed E-state index contributed by atoms with van der Waals surface area (Å²) in [5.74, 6) is -0.175. The SMILES string of the molecule is CCN(CC(=O)N[C@@H]1CCS(=O)(=O)C1)C(=O)CSc1nc2ccccc2s1. The standard InChI is InChI=1S/C17H21N3O4S3/c1-2-20(9-15(21)18-12-7-8-27(23,24)11-12)16(22)10-25-17-19-13-5-3-4-6-14(13)26-17/h3-6,12H,2,7-11H2,1H3,(H,18,21)/t12-/m1/s1. The number of aromatic nitrogens is 1. The number of nitrogens with zero attached hydrogens (tertiary/aromatic N) is 2. The summed E-state index contributed by atoms with van der Waals surface area (Å²) in [7, 11) is -3.05. The van der Waals surface area contributed by atoms with Crippen molar-refractivity contribution in [2.24, 2.45) is 0 Å². The molecule has 2 heterocycles. The number of benzene rings is 1. The Morgan fingerprint density at radius 3 is 2.81 bits per heavy atom. The lowest BCUT2D eigenvalue weighted by molar-refractivity contribution is -0.134. The number of thiazole rings is 1. The highest BCUT2D eigenvalue weighted by Crippen LogP contribution is 2.29. The molecule has 1 aliphatic rings. The molecule has 0 bridgehead atoms. The zero-order valence-electron chi connectivity index (χ0n) is 14.9. The second kappa shape index (κ2) is 8.57. The topological polar surface area (TPSA) is 96.4 Å². The fourth-order valence-corrected chi connectivity index (χ4v) is 6.50. The number of likely N-dealkylation sites (N-methyl/N-ethyl adjacent to an activating group) is 1. The maximum absolute atomic E-state index is 12.4. The minimum absolute atomic E-state index is 0.0216. The van der Waals surface area contributed by atoms with Gasteiger partial charge in [0.05, 0.1) is 34.0 Å². The van der Waals surface area contributed by atoms with E-state index in [0.29, 0.717) is 13.0 Å². The third kappa shape index (κ3) is 5.43. The van der Waals surface area contributed by atoms with Crippen molar-refractivity contribution in [2.75, 3.05) is 30.3 Å². The molecule has 0 saturated carbocycles. The number of sulfone groups is 1. The van der Waals surface area contributed by atoms with Crippen LogP contribution in [-0.2, 0) is 19.4 Å². The first-order valence-corrected chi connectivity index (χ1v) is 12.2. The lowest BCUT2D eigenvalue weighted by atomic mass is 10.2. The fraction of sp³-hybridized carbons (Fsp3) is 0.471. The molecule has 2 amide bonds. The Hall–Kier alpha value is -1.65. The van der Waals surface area contributed by atoms with Crippen molar-refractivity contribution in [1.82, 2.24) is 15.2 Å². The molecule has 1 aliphatic heterocycles. The number of carbonyl (C=O) groups excluding carboxylic acids is 2. The van der Waals surface area contributed by atoms with E-state index in [4.69, 9.17) is 0 Å². The van der Waals surface area contributed by atoms with Gasteiger partial charge in [-0.25, -0.2) is 13.4 Å². The highest BCUT2D eigenvalue weighted by atomic mass is 32.2. The van der Waals surface area contributed by atoms with Gasteiger partial charge in [-0.3, -0.25) is 9.59 Å². The van der Waals surface area contributed by atoms with Crippen molar-refractivity contribution in [3.63, 3.8) is 0 Å². The summed E-state index contributed by atoms with van der Waals surface area (Å²) in [6.07, 6.45) is 0.432. The quantitative estimate of drug-likeness (QED) is 0.674. The number of carbonyl (C=O) groups is 2. The van der Waals surface area contributed by atoms with Gasteiger partial charge >= 0.3 is 0 Å². The van der Waals surface area contributed by atoms with E-state index in [1.807, 2.05) is 31.2 Å². The lowest BCUT2D eigenvalue weighted by Crippen LogP contribution is -2.45. The summed E-state index contributed by atoms with van der Waals surface area (Å²) in [6, 6.07) is 7.45. The Morgan fingerprint density at radius 1 is 1.37 bits per heavy atom. The van der Waals surface area contributed by atoms with Gasteiger partial charge in [-0.05, 0) is 25.5 Å². The molecule has 1 aromatic heterocycles. The molecular formula is C17H21N3O4S3. The van der Waals surface area contributed by atoms with Gasteiger partial charge in [0.25, 0.3) is 0 Å². The molecule has 0 spiro atoms. The smallest absolute Gasteiger partial charge is 0.239 e. The van der Waals surface area contributed by atoms with Gasteiger partial charge < -0.3 is 10.2 Å². The zero-order chi connectivity index (χ0) is 19.4. The summed E-state index contributed by atoms with van der Waals surface area (Å²) in [6.45, 7) is 2.16. The van der Waals surface area contributed by atoms with Crippen LogP contribution in [0, 0.1) is 0 Å². The summed E-state index contributed by atoms with van der Waals surface area (Å²) in [5, 5.41) is 2.72. The minimum Gasteiger partial charge on any atom is -0.351 e. The van der Waals surface area contributed by atoms with Crippen LogP contribution in [-0.4, -0.2) is 66.5 Å². The highest BCUT2D eigenvalue weighted by molar-refractivity contribution is 8.01. The van der Waals surface area contributed by atoms with Crippen LogP contribution in [0.4, 0.5) is 0 Å². The van der Waals surface area contributed by atoms with E-state index >= 15 is 0 Å². The first-order valence-electron chi connectivity index (χ1n) is 8.62. The summed E-state index contributed by atoms with van der Waals surface area (Å²) < 4.78 is 24.8. The fourth-order valence-electron chi connectivity index (χ4n) is 2.86. The van der Waals surface area contributed by atoms with Gasteiger partial charge in [0.15, 0.2) is 14.2 Å². The second-order valence-electron chi connectivity index (χ2n) is 6.31. The van der Waals surface area contributed by atoms with Crippen molar-refractivity contribution >= 4 is 55.0 Å². The summed E-state index contributed by atoms with van der Waals surface area (Å²) in [5.41, 5.74) is 0.913. The first-order chi connectivity index (χ1) is 12.9. The van der Waals surface area contributed by atoms with Crippen LogP contribution in [0.5, 0.6) is 0 Å². The summed E-state index contributed by atoms with van der Waals surface area (Å²) in [4.78, 5) is 30.6. The molecule has 146 valence electrons. The molecule has 1 aromatic carbocycles. The number of nitrogens with one attached hydrogen (secondary N) is 1. The normalized spacial score (nSPS) is 18.5. The van der Waals surface area contributed by atoms with E-state index in [1.165, 1.54) is 28.0 Å². The van der Waals surface area contributed by atoms with Gasteiger partial charge in [-0.2, -0.15) is 0 Å². The average Bonchev–Trinajstić information content (AvgIpc) is 3.19. The van der Waals surface area contributed by atoms with Crippen molar-refractivity contribution in [2.45, 2.75) is 23.7 Å². The second-order valence-corrected chi connectivity index (χ2v) is 10.8. The Morgan fingerprint density at radius 2 is 2.15 bits per heavy atom. The molecule has 10 heteroatoms. The van der Waals surface area contributed by atoms with E-state index in [2.05, 4.69) is 10.3 Å². The number of para-hydroxylation sites is 1. The predicted molar refractivity (Wildman–Crippen MR) is 108 cm³/mol. The highest BCUT2D eigenvalue weighted by Gasteiger charge is 2.29. The van der Waals surface area contributed by atoms with Crippen LogP contribution in [0.2, 0.25) is 0 Å². The van der Waals surface area contributed by atoms with E-state index in [-0.39, 0.29) is 41.7 Å². The van der Waals surface area contributed by atoms with Crippen LogP contribution in [0.3, 0.4) is 0 Å². The lowest BCUT2D eigenvalue weighted by Gasteiger charge is -2.21. The largest absolute Gasteiger partial charge is 0.351 e. The van der Waals surface area contributed by atoms with Crippen LogP contribution >= 0.6 is 23.1 Å². The van der Waals surface area contributed by atoms with Crippen LogP contribution in [0.25, 0.3) is 10.2 Å². The van der Waals surface area contributed by atoms with Gasteiger partial charge in [0.1, 0.15) is 0 Å². The first kappa shape index (κ1) is 20.1. The number of fused-ring (bicyclic) bond motifs is 1. The average molecular weight is 428 g/mol. The molecule has 3 rings (SSSR count). The Balaban J connectivity index is 1.50. The zero-order valence-corrected chi connectivity index (χ0v) is 17.3. The Bertz CT molecular complexity index is 909. The third-order valence-corrected chi connectivity index (χ3v) is 8.19. The molecule has 1 N–H and O–H groups in total. The molecule has 7 nitrogen and oxygen atoms in total. The minimum atomic E-state index is -3.05. The van der Waals surface area contributed by atoms with Gasteiger partial charge in [-0.15, -0.1) is 11.3 Å². The van der Waals surface area contributed by atoms with Gasteiger partial charge in [0, 0.05) is 12.6 Å². The predicted octanol–water partition coefficient (Wildman–Crippen LogP) is 1.54. The Kier molecular flexibility index (Phi) is 6.38. The van der Waals surface area contributed by atoms with Crippen molar-refractivity contribution in [3.05, 3.63) is 24.3 Å². The number of thioether (sulfide) groups is 1. The maximum atomic E-state index is 12.4. The van der Waals surface area contributed by atoms with E-state index in [1.54, 1.807) is 0 Å². The molecule has 1 fully saturated rings. The van der Waals surface area contributed by atoms with Crippen LogP contribution < -0.4 is 5.32 Å². The van der Waals surface area contributed by atoms with E-state index in [0.717, 1.165) is 14.6 Å². The Labute approximate surface area is 166 Å². The monoisotopic (exact) mass is 427 g/mol. The molecule has 1 saturated heterocycles. The molecule has 0 unspecified atom stereocenters. The molecule has 1 atom stereocenters. The number of amides is 2. The van der Waals surface area contributed by atoms with Gasteiger partial charge in [-0.1, -0.05) is 23.9 Å². The van der Waals surface area contributed by atoms with Crippen molar-refractivity contribution in [3.8, 4) is 0 Å². The molecular weight excluding hydrogens is 406 g/mol. The maximum Gasteiger partial charge on any atom is 0.239 e. The summed E-state index contributed by atoms with van der Waals surface area (Å²) >= 11 is 2.90. The van der Waals surface area contributed by atoms with Crippen molar-refractivity contribution in [1.29, 1.82) is 0 Å². The van der Waals surface area contributed by atoms with E-state index < -0.39 is 9.84 Å². The molecule has 2 aromatic rings. The molecule has 0 aliphatic carbocycles. The molecule has 0 radical (unpaired) electrons. The van der Waals surface area contributed by atoms with E-state index in [9.17, 15) is 18.0 Å². The molecule has 27 heavy (non-hydrogen) atoms. The number of rotatable bonds is 7.